The molecule has 1 heterocycles. The fourth-order valence-electron chi connectivity index (χ4n) is 2.69. The third-order valence-corrected chi connectivity index (χ3v) is 4.36. The summed E-state index contributed by atoms with van der Waals surface area (Å²) in [5.41, 5.74) is 4.00. The molecule has 0 spiro atoms. The van der Waals surface area contributed by atoms with Crippen molar-refractivity contribution in [3.05, 3.63) is 82.9 Å². The Bertz CT molecular complexity index is 942. The zero-order chi connectivity index (χ0) is 18.0. The zero-order valence-corrected chi connectivity index (χ0v) is 14.6. The molecule has 0 radical (unpaired) electrons. The summed E-state index contributed by atoms with van der Waals surface area (Å²) in [6.07, 6.45) is 3.34. The Kier molecular flexibility index (Phi) is 4.81. The fourth-order valence-corrected chi connectivity index (χ4v) is 2.87. The van der Waals surface area contributed by atoms with Gasteiger partial charge in [0.2, 0.25) is 0 Å². The topological polar surface area (TPSA) is 33.2 Å². The smallest absolute Gasteiger partial charge is 0.258 e. The highest BCUT2D eigenvalue weighted by molar-refractivity contribution is 6.31. The number of aromatic nitrogens is 1. The Hall–Kier alpha value is -2.72. The number of benzene rings is 2. The molecule has 0 aliphatic heterocycles. The number of pyridine rings is 1. The van der Waals surface area contributed by atoms with Crippen molar-refractivity contribution in [1.82, 2.24) is 4.98 Å². The number of carbonyl (C=O) groups excluding carboxylic acids is 1. The first-order chi connectivity index (χ1) is 12.0. The number of hydrogen-bond acceptors (Lipinski definition) is 2. The quantitative estimate of drug-likeness (QED) is 0.653. The van der Waals surface area contributed by atoms with E-state index in [9.17, 15) is 9.18 Å². The van der Waals surface area contributed by atoms with Crippen LogP contribution in [0, 0.1) is 12.7 Å². The average Bonchev–Trinajstić information content (AvgIpc) is 2.63. The summed E-state index contributed by atoms with van der Waals surface area (Å²) in [5.74, 6) is -0.840. The molecule has 0 atom stereocenters. The minimum atomic E-state index is -0.553. The van der Waals surface area contributed by atoms with Gasteiger partial charge in [0.1, 0.15) is 5.82 Å². The minimum Gasteiger partial charge on any atom is -0.309 e. The van der Waals surface area contributed by atoms with Gasteiger partial charge in [-0.1, -0.05) is 35.9 Å². The van der Waals surface area contributed by atoms with E-state index in [1.807, 2.05) is 37.3 Å². The molecule has 0 bridgehead atoms. The molecule has 2 aromatic carbocycles. The summed E-state index contributed by atoms with van der Waals surface area (Å²) in [4.78, 5) is 18.4. The molecule has 0 aliphatic carbocycles. The summed E-state index contributed by atoms with van der Waals surface area (Å²) < 4.78 is 13.3. The molecule has 3 nitrogen and oxygen atoms in total. The van der Waals surface area contributed by atoms with Gasteiger partial charge in [0.05, 0.1) is 16.9 Å². The van der Waals surface area contributed by atoms with Crippen molar-refractivity contribution in [1.29, 1.82) is 0 Å². The van der Waals surface area contributed by atoms with Crippen molar-refractivity contribution in [3.8, 4) is 11.1 Å². The van der Waals surface area contributed by atoms with Gasteiger partial charge in [0.15, 0.2) is 0 Å². The maximum absolute atomic E-state index is 13.3. The van der Waals surface area contributed by atoms with Crippen LogP contribution in [-0.2, 0) is 0 Å². The van der Waals surface area contributed by atoms with Crippen molar-refractivity contribution in [3.63, 3.8) is 0 Å². The van der Waals surface area contributed by atoms with Gasteiger partial charge >= 0.3 is 0 Å². The Balaban J connectivity index is 2.03. The number of nitrogens with zero attached hydrogens (tertiary/aromatic N) is 2. The Morgan fingerprint density at radius 3 is 2.60 bits per heavy atom. The number of aryl methyl sites for hydroxylation is 1. The predicted molar refractivity (Wildman–Crippen MR) is 98.6 cm³/mol. The van der Waals surface area contributed by atoms with Crippen LogP contribution in [0.1, 0.15) is 15.9 Å². The van der Waals surface area contributed by atoms with Crippen LogP contribution in [0.3, 0.4) is 0 Å². The van der Waals surface area contributed by atoms with E-state index in [0.29, 0.717) is 11.3 Å². The van der Waals surface area contributed by atoms with E-state index in [0.717, 1.165) is 16.7 Å². The molecular formula is C20H16ClFN2O. The molecule has 0 saturated heterocycles. The van der Waals surface area contributed by atoms with Crippen molar-refractivity contribution in [2.45, 2.75) is 6.92 Å². The standard InChI is InChI=1S/C20H16ClFN2O/c1-13-5-3-4-6-15(13)16-9-10-23-12-19(16)24(2)20(25)14-7-8-18(22)17(21)11-14/h3-12H,1-2H3. The molecule has 1 aromatic heterocycles. The number of hydrogen-bond donors (Lipinski definition) is 0. The fraction of sp³-hybridized carbons (Fsp3) is 0.100. The molecule has 0 fully saturated rings. The summed E-state index contributed by atoms with van der Waals surface area (Å²) in [7, 11) is 1.67. The maximum atomic E-state index is 13.3. The Morgan fingerprint density at radius 1 is 1.12 bits per heavy atom. The van der Waals surface area contributed by atoms with Gasteiger partial charge in [0, 0.05) is 24.4 Å². The van der Waals surface area contributed by atoms with E-state index in [1.165, 1.54) is 23.1 Å². The number of anilines is 1. The number of rotatable bonds is 3. The summed E-state index contributed by atoms with van der Waals surface area (Å²) in [6, 6.07) is 13.8. The lowest BCUT2D eigenvalue weighted by molar-refractivity contribution is 0.0993. The van der Waals surface area contributed by atoms with Gasteiger partial charge in [-0.15, -0.1) is 0 Å². The van der Waals surface area contributed by atoms with Crippen molar-refractivity contribution < 1.29 is 9.18 Å². The zero-order valence-electron chi connectivity index (χ0n) is 13.8. The molecule has 3 aromatic rings. The number of halogens is 2. The highest BCUT2D eigenvalue weighted by Gasteiger charge is 2.19. The van der Waals surface area contributed by atoms with Crippen molar-refractivity contribution in [2.75, 3.05) is 11.9 Å². The normalized spacial score (nSPS) is 10.6. The minimum absolute atomic E-state index is 0.0791. The maximum Gasteiger partial charge on any atom is 0.258 e. The second-order valence-corrected chi connectivity index (χ2v) is 6.11. The molecular weight excluding hydrogens is 339 g/mol. The number of amides is 1. The molecule has 0 saturated carbocycles. The summed E-state index contributed by atoms with van der Waals surface area (Å²) >= 11 is 5.80. The molecule has 0 unspecified atom stereocenters. The van der Waals surface area contributed by atoms with Gasteiger partial charge < -0.3 is 4.90 Å². The van der Waals surface area contributed by atoms with E-state index in [2.05, 4.69) is 4.98 Å². The predicted octanol–water partition coefficient (Wildman–Crippen LogP) is 5.13. The van der Waals surface area contributed by atoms with Crippen LogP contribution in [0.15, 0.2) is 60.9 Å². The first-order valence-corrected chi connectivity index (χ1v) is 8.10. The van der Waals surface area contributed by atoms with Crippen molar-refractivity contribution in [2.24, 2.45) is 0 Å². The Morgan fingerprint density at radius 2 is 1.88 bits per heavy atom. The van der Waals surface area contributed by atoms with E-state index in [1.54, 1.807) is 19.4 Å². The van der Waals surface area contributed by atoms with E-state index >= 15 is 0 Å². The molecule has 3 rings (SSSR count). The molecule has 0 N–H and O–H groups in total. The van der Waals surface area contributed by atoms with Crippen LogP contribution in [0.25, 0.3) is 11.1 Å². The van der Waals surface area contributed by atoms with Gasteiger partial charge in [-0.2, -0.15) is 0 Å². The summed E-state index contributed by atoms with van der Waals surface area (Å²) in [5, 5.41) is -0.0791. The largest absolute Gasteiger partial charge is 0.309 e. The first-order valence-electron chi connectivity index (χ1n) is 7.72. The van der Waals surface area contributed by atoms with Gasteiger partial charge in [-0.3, -0.25) is 9.78 Å². The lowest BCUT2D eigenvalue weighted by atomic mass is 9.99. The van der Waals surface area contributed by atoms with Crippen LogP contribution in [-0.4, -0.2) is 17.9 Å². The van der Waals surface area contributed by atoms with Gasteiger partial charge in [-0.05, 0) is 42.3 Å². The van der Waals surface area contributed by atoms with Crippen molar-refractivity contribution >= 4 is 23.2 Å². The first kappa shape index (κ1) is 17.1. The lowest BCUT2D eigenvalue weighted by Crippen LogP contribution is -2.27. The van der Waals surface area contributed by atoms with Crippen LogP contribution in [0.5, 0.6) is 0 Å². The SMILES string of the molecule is Cc1ccccc1-c1ccncc1N(C)C(=O)c1ccc(F)c(Cl)c1. The highest BCUT2D eigenvalue weighted by Crippen LogP contribution is 2.32. The summed E-state index contributed by atoms with van der Waals surface area (Å²) in [6.45, 7) is 2.01. The van der Waals surface area contributed by atoms with Crippen LogP contribution in [0.4, 0.5) is 10.1 Å². The molecule has 5 heteroatoms. The van der Waals surface area contributed by atoms with Crippen LogP contribution < -0.4 is 4.90 Å². The molecule has 126 valence electrons. The molecule has 0 aliphatic rings. The molecule has 25 heavy (non-hydrogen) atoms. The Labute approximate surface area is 150 Å². The lowest BCUT2D eigenvalue weighted by Gasteiger charge is -2.21. The van der Waals surface area contributed by atoms with E-state index in [4.69, 9.17) is 11.6 Å². The average molecular weight is 355 g/mol. The third kappa shape index (κ3) is 3.39. The van der Waals surface area contributed by atoms with Gasteiger partial charge in [0.25, 0.3) is 5.91 Å². The van der Waals surface area contributed by atoms with Crippen LogP contribution in [0.2, 0.25) is 5.02 Å². The third-order valence-electron chi connectivity index (χ3n) is 4.07. The van der Waals surface area contributed by atoms with E-state index in [-0.39, 0.29) is 10.9 Å². The second kappa shape index (κ2) is 7.03. The monoisotopic (exact) mass is 354 g/mol. The number of carbonyl (C=O) groups is 1. The second-order valence-electron chi connectivity index (χ2n) is 5.70. The highest BCUT2D eigenvalue weighted by atomic mass is 35.5. The molecule has 1 amide bonds. The van der Waals surface area contributed by atoms with E-state index < -0.39 is 5.82 Å². The van der Waals surface area contributed by atoms with Gasteiger partial charge in [-0.25, -0.2) is 4.39 Å². The van der Waals surface area contributed by atoms with Crippen LogP contribution >= 0.6 is 11.6 Å².